The van der Waals surface area contributed by atoms with Crippen LogP contribution in [0.3, 0.4) is 0 Å². The molecule has 0 unspecified atom stereocenters. The van der Waals surface area contributed by atoms with Crippen molar-refractivity contribution in [2.45, 2.75) is 38.2 Å². The third-order valence-electron chi connectivity index (χ3n) is 2.54. The molecule has 0 spiro atoms. The Bertz CT molecular complexity index is 340. The van der Waals surface area contributed by atoms with Gasteiger partial charge in [0.05, 0.1) is 0 Å². The smallest absolute Gasteiger partial charge is 0.344 e. The zero-order valence-corrected chi connectivity index (χ0v) is 9.96. The first-order chi connectivity index (χ1) is 8.58. The molecule has 1 saturated carbocycles. The summed E-state index contributed by atoms with van der Waals surface area (Å²) >= 11 is 0. The van der Waals surface area contributed by atoms with E-state index < -0.39 is 24.5 Å². The van der Waals surface area contributed by atoms with Crippen molar-refractivity contribution in [1.82, 2.24) is 0 Å². The number of hydrogen-bond donors (Lipinski definition) is 1. The van der Waals surface area contributed by atoms with Crippen molar-refractivity contribution in [1.29, 1.82) is 0 Å². The van der Waals surface area contributed by atoms with Crippen LogP contribution in [0, 0.1) is 0 Å². The maximum Gasteiger partial charge on any atom is 0.344 e. The molecule has 1 rings (SSSR count). The Hall–Kier alpha value is -1.85. The lowest BCUT2D eigenvalue weighted by molar-refractivity contribution is -0.161. The summed E-state index contributed by atoms with van der Waals surface area (Å²) in [7, 11) is 0. The molecule has 0 radical (unpaired) electrons. The maximum absolute atomic E-state index is 11.3. The second-order valence-corrected chi connectivity index (χ2v) is 4.03. The fourth-order valence-corrected chi connectivity index (χ4v) is 1.72. The van der Waals surface area contributed by atoms with Crippen LogP contribution in [0.1, 0.15) is 32.1 Å². The summed E-state index contributed by atoms with van der Waals surface area (Å²) in [6, 6.07) is 0. The van der Waals surface area contributed by atoms with Gasteiger partial charge in [0, 0.05) is 12.2 Å². The van der Waals surface area contributed by atoms with Gasteiger partial charge in [-0.25, -0.2) is 14.4 Å². The van der Waals surface area contributed by atoms with Crippen molar-refractivity contribution in [3.8, 4) is 0 Å². The predicted octanol–water partition coefficient (Wildman–Crippen LogP) is 1.05. The molecule has 0 bridgehead atoms. The third kappa shape index (κ3) is 6.03. The second kappa shape index (κ2) is 7.47. The molecule has 1 aliphatic rings. The van der Waals surface area contributed by atoms with Gasteiger partial charge in [-0.1, -0.05) is 6.42 Å². The highest BCUT2D eigenvalue weighted by atomic mass is 16.6. The molecule has 0 aromatic heterocycles. The van der Waals surface area contributed by atoms with Gasteiger partial charge in [0.25, 0.3) is 0 Å². The summed E-state index contributed by atoms with van der Waals surface area (Å²) in [6.45, 7) is -0.487. The molecule has 1 fully saturated rings. The van der Waals surface area contributed by atoms with Gasteiger partial charge in [-0.2, -0.15) is 0 Å². The molecule has 100 valence electrons. The monoisotopic (exact) mass is 256 g/mol. The summed E-state index contributed by atoms with van der Waals surface area (Å²) in [5.74, 6) is -2.73. The van der Waals surface area contributed by atoms with Crippen molar-refractivity contribution < 1.29 is 29.0 Å². The summed E-state index contributed by atoms with van der Waals surface area (Å²) in [5, 5.41) is 8.27. The van der Waals surface area contributed by atoms with Crippen molar-refractivity contribution >= 4 is 17.9 Å². The van der Waals surface area contributed by atoms with E-state index in [1.807, 2.05) is 0 Å². The standard InChI is InChI=1S/C12H16O6/c13-10(14)6-7-11(15)17-8-12(16)18-9-4-2-1-3-5-9/h6-7,9H,1-5,8H2,(H,13,14)/b7-6+. The van der Waals surface area contributed by atoms with E-state index in [0.29, 0.717) is 6.08 Å². The van der Waals surface area contributed by atoms with E-state index in [9.17, 15) is 14.4 Å². The minimum atomic E-state index is -1.25. The molecule has 0 aliphatic heterocycles. The van der Waals surface area contributed by atoms with Gasteiger partial charge in [-0.15, -0.1) is 0 Å². The van der Waals surface area contributed by atoms with Crippen LogP contribution in [0.15, 0.2) is 12.2 Å². The average Bonchev–Trinajstić information content (AvgIpc) is 2.35. The van der Waals surface area contributed by atoms with E-state index in [1.165, 1.54) is 0 Å². The molecule has 0 amide bonds. The predicted molar refractivity (Wildman–Crippen MR) is 60.7 cm³/mol. The van der Waals surface area contributed by atoms with Crippen LogP contribution in [0.5, 0.6) is 0 Å². The van der Waals surface area contributed by atoms with Crippen LogP contribution < -0.4 is 0 Å². The maximum atomic E-state index is 11.3. The van der Waals surface area contributed by atoms with Gasteiger partial charge in [0.2, 0.25) is 0 Å². The fourth-order valence-electron chi connectivity index (χ4n) is 1.72. The molecular weight excluding hydrogens is 240 g/mol. The average molecular weight is 256 g/mol. The second-order valence-electron chi connectivity index (χ2n) is 4.03. The molecule has 1 N–H and O–H groups in total. The Balaban J connectivity index is 2.19. The van der Waals surface area contributed by atoms with Crippen molar-refractivity contribution in [3.63, 3.8) is 0 Å². The first-order valence-electron chi connectivity index (χ1n) is 5.85. The number of hydrogen-bond acceptors (Lipinski definition) is 5. The highest BCUT2D eigenvalue weighted by Gasteiger charge is 2.18. The number of carboxylic acids is 1. The highest BCUT2D eigenvalue weighted by molar-refractivity contribution is 5.91. The Kier molecular flexibility index (Phi) is 5.90. The SMILES string of the molecule is O=C(O)/C=C/C(=O)OCC(=O)OC1CCCCC1. The minimum absolute atomic E-state index is 0.0838. The Morgan fingerprint density at radius 2 is 1.78 bits per heavy atom. The molecule has 0 heterocycles. The zero-order valence-electron chi connectivity index (χ0n) is 9.96. The quantitative estimate of drug-likeness (QED) is 0.584. The van der Waals surface area contributed by atoms with Crippen molar-refractivity contribution in [2.75, 3.05) is 6.61 Å². The lowest BCUT2D eigenvalue weighted by atomic mass is 9.98. The molecule has 6 nitrogen and oxygen atoms in total. The van der Waals surface area contributed by atoms with E-state index in [4.69, 9.17) is 9.84 Å². The number of ether oxygens (including phenoxy) is 2. The largest absolute Gasteiger partial charge is 0.478 e. The van der Waals surface area contributed by atoms with Gasteiger partial charge in [-0.3, -0.25) is 0 Å². The van der Waals surface area contributed by atoms with E-state index in [0.717, 1.165) is 38.2 Å². The summed E-state index contributed by atoms with van der Waals surface area (Å²) in [5.41, 5.74) is 0. The topological polar surface area (TPSA) is 89.9 Å². The minimum Gasteiger partial charge on any atom is -0.478 e. The van der Waals surface area contributed by atoms with Gasteiger partial charge in [0.1, 0.15) is 6.10 Å². The first kappa shape index (κ1) is 14.2. The lowest BCUT2D eigenvalue weighted by Gasteiger charge is -2.21. The van der Waals surface area contributed by atoms with Gasteiger partial charge in [-0.05, 0) is 25.7 Å². The Morgan fingerprint density at radius 3 is 2.39 bits per heavy atom. The number of esters is 2. The van der Waals surface area contributed by atoms with E-state index in [1.54, 1.807) is 0 Å². The number of carboxylic acid groups (broad SMARTS) is 1. The summed E-state index contributed by atoms with van der Waals surface area (Å²) in [4.78, 5) is 32.4. The molecule has 18 heavy (non-hydrogen) atoms. The highest BCUT2D eigenvalue weighted by Crippen LogP contribution is 2.20. The van der Waals surface area contributed by atoms with Gasteiger partial charge >= 0.3 is 17.9 Å². The van der Waals surface area contributed by atoms with Crippen LogP contribution in [0.2, 0.25) is 0 Å². The Labute approximate surface area is 105 Å². The number of carbonyl (C=O) groups excluding carboxylic acids is 2. The summed E-state index contributed by atoms with van der Waals surface area (Å²) in [6.07, 6.45) is 6.24. The van der Waals surface area contributed by atoms with E-state index in [2.05, 4.69) is 4.74 Å². The lowest BCUT2D eigenvalue weighted by Crippen LogP contribution is -2.24. The normalized spacial score (nSPS) is 16.4. The van der Waals surface area contributed by atoms with Crippen LogP contribution >= 0.6 is 0 Å². The third-order valence-corrected chi connectivity index (χ3v) is 2.54. The van der Waals surface area contributed by atoms with Crippen LogP contribution in [-0.2, 0) is 23.9 Å². The fraction of sp³-hybridized carbons (Fsp3) is 0.583. The van der Waals surface area contributed by atoms with Crippen molar-refractivity contribution in [3.05, 3.63) is 12.2 Å². The molecule has 1 aliphatic carbocycles. The van der Waals surface area contributed by atoms with Gasteiger partial charge in [0.15, 0.2) is 6.61 Å². The van der Waals surface area contributed by atoms with Crippen LogP contribution in [0.25, 0.3) is 0 Å². The van der Waals surface area contributed by atoms with Crippen LogP contribution in [0.4, 0.5) is 0 Å². The molecule has 0 saturated heterocycles. The van der Waals surface area contributed by atoms with E-state index >= 15 is 0 Å². The number of rotatable bonds is 5. The number of carbonyl (C=O) groups is 3. The molecular formula is C12H16O6. The molecule has 0 aromatic carbocycles. The van der Waals surface area contributed by atoms with Crippen molar-refractivity contribution in [2.24, 2.45) is 0 Å². The van der Waals surface area contributed by atoms with Crippen LogP contribution in [-0.4, -0.2) is 35.7 Å². The van der Waals surface area contributed by atoms with Gasteiger partial charge < -0.3 is 14.6 Å². The molecule has 6 heteroatoms. The number of aliphatic carboxylic acids is 1. The first-order valence-corrected chi connectivity index (χ1v) is 5.85. The Morgan fingerprint density at radius 1 is 1.11 bits per heavy atom. The zero-order chi connectivity index (χ0) is 13.4. The molecule has 0 atom stereocenters. The van der Waals surface area contributed by atoms with E-state index in [-0.39, 0.29) is 6.10 Å². The summed E-state index contributed by atoms with van der Waals surface area (Å²) < 4.78 is 9.64. The molecule has 0 aromatic rings.